The van der Waals surface area contributed by atoms with E-state index in [4.69, 9.17) is 0 Å². The molecule has 110 valence electrons. The monoisotopic (exact) mass is 285 g/mol. The lowest BCUT2D eigenvalue weighted by atomic mass is 10.2. The minimum absolute atomic E-state index is 0.609. The maximum atomic E-state index is 12.0. The molecule has 0 aliphatic rings. The second-order valence-corrected chi connectivity index (χ2v) is 3.52. The van der Waals surface area contributed by atoms with Gasteiger partial charge in [-0.1, -0.05) is 0 Å². The van der Waals surface area contributed by atoms with E-state index in [0.717, 1.165) is 14.2 Å². The molecule has 0 aromatic carbocycles. The fourth-order valence-electron chi connectivity index (χ4n) is 1.08. The number of ether oxygens (including phenoxy) is 2. The molecule has 0 atom stereocenters. The maximum absolute atomic E-state index is 12.0. The number of carbonyl (C=O) groups is 3. The van der Waals surface area contributed by atoms with E-state index in [1.165, 1.54) is 0 Å². The lowest BCUT2D eigenvalue weighted by Crippen LogP contribution is -2.40. The van der Waals surface area contributed by atoms with Gasteiger partial charge in [-0.25, -0.2) is 0 Å². The molecule has 0 fully saturated rings. The van der Waals surface area contributed by atoms with Crippen molar-refractivity contribution in [1.82, 2.24) is 4.90 Å². The summed E-state index contributed by atoms with van der Waals surface area (Å²) in [4.78, 5) is 34.2. The molecule has 0 aliphatic carbocycles. The molecule has 0 spiro atoms. The van der Waals surface area contributed by atoms with Crippen LogP contribution in [-0.2, 0) is 23.9 Å². The van der Waals surface area contributed by atoms with E-state index in [2.05, 4.69) is 9.47 Å². The number of carbonyl (C=O) groups excluding carboxylic acids is 3. The number of amides is 1. The second kappa shape index (κ2) is 7.59. The Bertz CT molecular complexity index is 325. The Labute approximate surface area is 107 Å². The molecule has 0 aromatic heterocycles. The first-order chi connectivity index (χ1) is 8.69. The summed E-state index contributed by atoms with van der Waals surface area (Å²) in [7, 11) is 2.11. The Morgan fingerprint density at radius 3 is 1.74 bits per heavy atom. The van der Waals surface area contributed by atoms with Gasteiger partial charge in [0.25, 0.3) is 0 Å². The van der Waals surface area contributed by atoms with E-state index in [0.29, 0.717) is 4.90 Å². The van der Waals surface area contributed by atoms with Gasteiger partial charge >= 0.3 is 18.1 Å². The number of hydrogen-bond donors (Lipinski definition) is 0. The Hall–Kier alpha value is -1.80. The summed E-state index contributed by atoms with van der Waals surface area (Å²) in [5, 5.41) is 0. The average Bonchev–Trinajstić information content (AvgIpc) is 2.33. The van der Waals surface area contributed by atoms with Crippen molar-refractivity contribution < 1.29 is 37.0 Å². The highest BCUT2D eigenvalue weighted by Gasteiger charge is 2.30. The zero-order valence-electron chi connectivity index (χ0n) is 10.5. The fraction of sp³-hybridized carbons (Fsp3) is 0.700. The van der Waals surface area contributed by atoms with Gasteiger partial charge in [-0.15, -0.1) is 0 Å². The van der Waals surface area contributed by atoms with Gasteiger partial charge < -0.3 is 14.4 Å². The molecule has 0 N–H and O–H groups in total. The van der Waals surface area contributed by atoms with E-state index < -0.39 is 50.0 Å². The Kier molecular flexibility index (Phi) is 6.87. The highest BCUT2D eigenvalue weighted by molar-refractivity contribution is 5.85. The predicted octanol–water partition coefficient (Wildman–Crippen LogP) is 0.503. The van der Waals surface area contributed by atoms with Gasteiger partial charge in [-0.3, -0.25) is 14.4 Å². The van der Waals surface area contributed by atoms with Gasteiger partial charge in [0, 0.05) is 6.42 Å². The maximum Gasteiger partial charge on any atom is 0.389 e. The van der Waals surface area contributed by atoms with Crippen molar-refractivity contribution in [1.29, 1.82) is 0 Å². The van der Waals surface area contributed by atoms with Gasteiger partial charge in [0.2, 0.25) is 5.91 Å². The van der Waals surface area contributed by atoms with Gasteiger partial charge in [-0.2, -0.15) is 13.2 Å². The Balaban J connectivity index is 4.58. The van der Waals surface area contributed by atoms with Crippen LogP contribution in [0.2, 0.25) is 0 Å². The molecule has 9 heteroatoms. The van der Waals surface area contributed by atoms with Crippen molar-refractivity contribution in [2.45, 2.75) is 19.0 Å². The molecule has 0 saturated carbocycles. The molecule has 6 nitrogen and oxygen atoms in total. The topological polar surface area (TPSA) is 72.9 Å². The molecular weight excluding hydrogens is 271 g/mol. The largest absolute Gasteiger partial charge is 0.468 e. The van der Waals surface area contributed by atoms with E-state index in [1.807, 2.05) is 0 Å². The average molecular weight is 285 g/mol. The molecule has 19 heavy (non-hydrogen) atoms. The van der Waals surface area contributed by atoms with Crippen LogP contribution >= 0.6 is 0 Å². The molecule has 0 unspecified atom stereocenters. The van der Waals surface area contributed by atoms with Gasteiger partial charge in [0.1, 0.15) is 13.1 Å². The summed E-state index contributed by atoms with van der Waals surface area (Å²) >= 11 is 0. The third-order valence-electron chi connectivity index (χ3n) is 2.07. The first-order valence-corrected chi connectivity index (χ1v) is 5.17. The van der Waals surface area contributed by atoms with Crippen LogP contribution in [0.1, 0.15) is 12.8 Å². The van der Waals surface area contributed by atoms with Crippen LogP contribution in [-0.4, -0.2) is 56.2 Å². The Morgan fingerprint density at radius 2 is 1.42 bits per heavy atom. The molecule has 0 aliphatic heterocycles. The lowest BCUT2D eigenvalue weighted by molar-refractivity contribution is -0.156. The third kappa shape index (κ3) is 8.01. The van der Waals surface area contributed by atoms with E-state index in [9.17, 15) is 27.6 Å². The smallest absolute Gasteiger partial charge is 0.389 e. The number of rotatable bonds is 6. The van der Waals surface area contributed by atoms with Crippen LogP contribution in [0.4, 0.5) is 13.2 Å². The first kappa shape index (κ1) is 17.2. The standard InChI is InChI=1S/C10H14F3NO5/c1-18-8(16)5-14(6-9(17)19-2)7(15)3-4-10(11,12)13/h3-6H2,1-2H3. The normalized spacial score (nSPS) is 10.8. The minimum atomic E-state index is -4.49. The van der Waals surface area contributed by atoms with Crippen LogP contribution in [0.5, 0.6) is 0 Å². The number of methoxy groups -OCH3 is 2. The van der Waals surface area contributed by atoms with Crippen molar-refractivity contribution in [3.05, 3.63) is 0 Å². The summed E-state index contributed by atoms with van der Waals surface area (Å²) in [6.45, 7) is -1.22. The number of esters is 2. The van der Waals surface area contributed by atoms with E-state index >= 15 is 0 Å². The van der Waals surface area contributed by atoms with Crippen molar-refractivity contribution >= 4 is 17.8 Å². The van der Waals surface area contributed by atoms with Crippen molar-refractivity contribution in [2.75, 3.05) is 27.3 Å². The van der Waals surface area contributed by atoms with Crippen LogP contribution in [0, 0.1) is 0 Å². The SMILES string of the molecule is COC(=O)CN(CC(=O)OC)C(=O)CCC(F)(F)F. The highest BCUT2D eigenvalue weighted by atomic mass is 19.4. The zero-order valence-corrected chi connectivity index (χ0v) is 10.5. The number of halogens is 3. The van der Waals surface area contributed by atoms with Gasteiger partial charge in [0.05, 0.1) is 20.6 Å². The number of hydrogen-bond acceptors (Lipinski definition) is 5. The Morgan fingerprint density at radius 1 is 1.00 bits per heavy atom. The minimum Gasteiger partial charge on any atom is -0.468 e. The fourth-order valence-corrected chi connectivity index (χ4v) is 1.08. The van der Waals surface area contributed by atoms with E-state index in [-0.39, 0.29) is 0 Å². The van der Waals surface area contributed by atoms with Crippen LogP contribution in [0.3, 0.4) is 0 Å². The third-order valence-corrected chi connectivity index (χ3v) is 2.07. The highest BCUT2D eigenvalue weighted by Crippen LogP contribution is 2.21. The van der Waals surface area contributed by atoms with Crippen molar-refractivity contribution in [3.63, 3.8) is 0 Å². The quantitative estimate of drug-likeness (QED) is 0.665. The second-order valence-electron chi connectivity index (χ2n) is 3.52. The molecule has 0 heterocycles. The van der Waals surface area contributed by atoms with E-state index in [1.54, 1.807) is 0 Å². The predicted molar refractivity (Wildman–Crippen MR) is 55.9 cm³/mol. The molecular formula is C10H14F3NO5. The molecule has 1 amide bonds. The van der Waals surface area contributed by atoms with Gasteiger partial charge in [-0.05, 0) is 0 Å². The summed E-state index contributed by atoms with van der Waals surface area (Å²) in [5.74, 6) is -2.67. The number of alkyl halides is 3. The molecule has 0 saturated heterocycles. The molecule has 0 radical (unpaired) electrons. The van der Waals surface area contributed by atoms with Gasteiger partial charge in [0.15, 0.2) is 0 Å². The molecule has 0 bridgehead atoms. The van der Waals surface area contributed by atoms with Crippen molar-refractivity contribution in [2.24, 2.45) is 0 Å². The lowest BCUT2D eigenvalue weighted by Gasteiger charge is -2.20. The van der Waals surface area contributed by atoms with Crippen LogP contribution < -0.4 is 0 Å². The molecule has 0 rings (SSSR count). The zero-order chi connectivity index (χ0) is 15.1. The van der Waals surface area contributed by atoms with Crippen LogP contribution in [0.25, 0.3) is 0 Å². The summed E-state index contributed by atoms with van der Waals surface area (Å²) in [5.41, 5.74) is 0. The summed E-state index contributed by atoms with van der Waals surface area (Å²) in [6.07, 6.45) is -6.67. The molecule has 0 aromatic rings. The van der Waals surface area contributed by atoms with Crippen molar-refractivity contribution in [3.8, 4) is 0 Å². The number of nitrogens with zero attached hydrogens (tertiary/aromatic N) is 1. The summed E-state index contributed by atoms with van der Waals surface area (Å²) < 4.78 is 44.5. The van der Waals surface area contributed by atoms with Crippen LogP contribution in [0.15, 0.2) is 0 Å². The summed E-state index contributed by atoms with van der Waals surface area (Å²) in [6, 6.07) is 0. The first-order valence-electron chi connectivity index (χ1n) is 5.17.